The van der Waals surface area contributed by atoms with Crippen LogP contribution in [0.2, 0.25) is 0 Å². The lowest BCUT2D eigenvalue weighted by Crippen LogP contribution is -2.44. The second-order valence-electron chi connectivity index (χ2n) is 3.44. The molecule has 0 saturated carbocycles. The molecule has 108 valence electrons. The molecular formula is C11H16O8. The topological polar surface area (TPSA) is 148 Å². The molecule has 3 unspecified atom stereocenters. The number of aldehydes is 1. The average Bonchev–Trinajstić information content (AvgIpc) is 2.97. The maximum absolute atomic E-state index is 10.5. The molecule has 19 heavy (non-hydrogen) atoms. The van der Waals surface area contributed by atoms with Crippen LogP contribution in [0.4, 0.5) is 0 Å². The van der Waals surface area contributed by atoms with Gasteiger partial charge in [0.15, 0.2) is 17.8 Å². The fraction of sp³-hybridized carbons (Fsp3) is 0.455. The van der Waals surface area contributed by atoms with Gasteiger partial charge in [0.05, 0.1) is 12.9 Å². The van der Waals surface area contributed by atoms with Crippen molar-refractivity contribution in [2.75, 3.05) is 13.2 Å². The van der Waals surface area contributed by atoms with Crippen molar-refractivity contribution in [3.8, 4) is 0 Å². The summed E-state index contributed by atoms with van der Waals surface area (Å²) < 4.78 is 4.61. The molecule has 0 aliphatic carbocycles. The van der Waals surface area contributed by atoms with Gasteiger partial charge in [0.2, 0.25) is 0 Å². The van der Waals surface area contributed by atoms with Crippen molar-refractivity contribution < 1.29 is 39.5 Å². The van der Waals surface area contributed by atoms with Gasteiger partial charge in [0, 0.05) is 0 Å². The highest BCUT2D eigenvalue weighted by molar-refractivity contribution is 5.84. The molecule has 1 aromatic rings. The maximum atomic E-state index is 10.5. The van der Waals surface area contributed by atoms with E-state index in [4.69, 9.17) is 25.5 Å². The van der Waals surface area contributed by atoms with E-state index in [0.717, 1.165) is 0 Å². The Labute approximate surface area is 108 Å². The van der Waals surface area contributed by atoms with E-state index in [1.54, 1.807) is 12.1 Å². The number of furan rings is 1. The first-order valence-electron chi connectivity index (χ1n) is 5.25. The molecule has 0 radical (unpaired) electrons. The SMILES string of the molecule is O=C(CO)C(O)C(O)C(O)CO.O=Cc1ccco1. The normalized spacial score (nSPS) is 14.8. The number of Topliss-reactive ketones (excluding diaryl/α,β-unsaturated/α-hetero) is 1. The predicted octanol–water partition coefficient (Wildman–Crippen LogP) is -2.29. The molecule has 8 heteroatoms. The van der Waals surface area contributed by atoms with Crippen molar-refractivity contribution in [1.29, 1.82) is 0 Å². The Morgan fingerprint density at radius 2 is 1.95 bits per heavy atom. The summed E-state index contributed by atoms with van der Waals surface area (Å²) in [6.07, 6.45) is -3.09. The lowest BCUT2D eigenvalue weighted by atomic mass is 10.1. The first-order chi connectivity index (χ1) is 8.97. The summed E-state index contributed by atoms with van der Waals surface area (Å²) in [6.45, 7) is -1.69. The van der Waals surface area contributed by atoms with Crippen LogP contribution in [0.5, 0.6) is 0 Å². The van der Waals surface area contributed by atoms with Gasteiger partial charge in [-0.25, -0.2) is 0 Å². The van der Waals surface area contributed by atoms with Crippen LogP contribution >= 0.6 is 0 Å². The van der Waals surface area contributed by atoms with Gasteiger partial charge < -0.3 is 29.9 Å². The number of carbonyl (C=O) groups excluding carboxylic acids is 2. The largest absolute Gasteiger partial charge is 0.462 e. The highest BCUT2D eigenvalue weighted by Crippen LogP contribution is 2.00. The van der Waals surface area contributed by atoms with Crippen LogP contribution in [-0.4, -0.2) is 69.1 Å². The number of ketones is 1. The summed E-state index contributed by atoms with van der Waals surface area (Å²) in [5.41, 5.74) is 0. The zero-order valence-electron chi connectivity index (χ0n) is 9.92. The van der Waals surface area contributed by atoms with Crippen molar-refractivity contribution in [2.24, 2.45) is 0 Å². The molecule has 0 amide bonds. The van der Waals surface area contributed by atoms with E-state index in [0.29, 0.717) is 12.0 Å². The average molecular weight is 276 g/mol. The molecule has 0 aliphatic heterocycles. The molecule has 0 aromatic carbocycles. The third-order valence-electron chi connectivity index (χ3n) is 2.05. The Kier molecular flexibility index (Phi) is 8.58. The van der Waals surface area contributed by atoms with Gasteiger partial charge in [-0.15, -0.1) is 0 Å². The van der Waals surface area contributed by atoms with Crippen molar-refractivity contribution in [2.45, 2.75) is 18.3 Å². The third kappa shape index (κ3) is 6.22. The fourth-order valence-electron chi connectivity index (χ4n) is 0.961. The van der Waals surface area contributed by atoms with Crippen LogP contribution < -0.4 is 0 Å². The van der Waals surface area contributed by atoms with Gasteiger partial charge in [-0.05, 0) is 12.1 Å². The fourth-order valence-corrected chi connectivity index (χ4v) is 0.961. The molecule has 1 heterocycles. The van der Waals surface area contributed by atoms with E-state index >= 15 is 0 Å². The predicted molar refractivity (Wildman–Crippen MR) is 61.3 cm³/mol. The second-order valence-corrected chi connectivity index (χ2v) is 3.44. The number of carbonyl (C=O) groups is 2. The summed E-state index contributed by atoms with van der Waals surface area (Å²) in [4.78, 5) is 20.3. The van der Waals surface area contributed by atoms with Crippen molar-refractivity contribution in [3.05, 3.63) is 24.2 Å². The van der Waals surface area contributed by atoms with Gasteiger partial charge in [0.25, 0.3) is 0 Å². The highest BCUT2D eigenvalue weighted by atomic mass is 16.4. The molecule has 0 fully saturated rings. The monoisotopic (exact) mass is 276 g/mol. The Hall–Kier alpha value is -1.58. The van der Waals surface area contributed by atoms with Gasteiger partial charge >= 0.3 is 0 Å². The number of aliphatic hydroxyl groups is 5. The highest BCUT2D eigenvalue weighted by Gasteiger charge is 2.28. The van der Waals surface area contributed by atoms with Crippen LogP contribution in [0, 0.1) is 0 Å². The van der Waals surface area contributed by atoms with E-state index in [1.165, 1.54) is 6.26 Å². The van der Waals surface area contributed by atoms with E-state index in [1.807, 2.05) is 0 Å². The van der Waals surface area contributed by atoms with Crippen LogP contribution in [0.15, 0.2) is 22.8 Å². The van der Waals surface area contributed by atoms with Crippen molar-refractivity contribution in [1.82, 2.24) is 0 Å². The van der Waals surface area contributed by atoms with E-state index < -0.39 is 37.3 Å². The van der Waals surface area contributed by atoms with Gasteiger partial charge in [-0.1, -0.05) is 0 Å². The summed E-state index contributed by atoms with van der Waals surface area (Å²) in [5.74, 6) is -0.630. The molecular weight excluding hydrogens is 260 g/mol. The standard InChI is InChI=1S/C6H12O6.C5H4O2/c7-1-3(9)5(11)6(12)4(10)2-8;6-4-5-2-1-3-7-5/h3,5-9,11-12H,1-2H2;1-4H. The maximum Gasteiger partial charge on any atom is 0.189 e. The first-order valence-corrected chi connectivity index (χ1v) is 5.25. The van der Waals surface area contributed by atoms with E-state index in [9.17, 15) is 9.59 Å². The second kappa shape index (κ2) is 9.36. The number of rotatable bonds is 6. The minimum atomic E-state index is -1.86. The Balaban J connectivity index is 0.000000388. The minimum absolute atomic E-state index is 0.375. The molecule has 8 nitrogen and oxygen atoms in total. The molecule has 3 atom stereocenters. The number of aliphatic hydroxyl groups excluding tert-OH is 5. The van der Waals surface area contributed by atoms with E-state index in [-0.39, 0.29) is 0 Å². The molecule has 0 bridgehead atoms. The van der Waals surface area contributed by atoms with Crippen LogP contribution in [0.1, 0.15) is 10.6 Å². The van der Waals surface area contributed by atoms with Crippen LogP contribution in [0.3, 0.4) is 0 Å². The molecule has 1 aromatic heterocycles. The summed E-state index contributed by atoms with van der Waals surface area (Å²) >= 11 is 0. The molecule has 0 aliphatic rings. The molecule has 0 spiro atoms. The van der Waals surface area contributed by atoms with Gasteiger partial charge in [-0.3, -0.25) is 9.59 Å². The van der Waals surface area contributed by atoms with E-state index in [2.05, 4.69) is 4.42 Å². The Morgan fingerprint density at radius 3 is 2.26 bits per heavy atom. The zero-order chi connectivity index (χ0) is 14.8. The first kappa shape index (κ1) is 17.4. The lowest BCUT2D eigenvalue weighted by Gasteiger charge is -2.19. The van der Waals surface area contributed by atoms with Crippen LogP contribution in [-0.2, 0) is 4.79 Å². The molecule has 5 N–H and O–H groups in total. The minimum Gasteiger partial charge on any atom is -0.462 e. The molecule has 0 saturated heterocycles. The van der Waals surface area contributed by atoms with Gasteiger partial charge in [0.1, 0.15) is 24.9 Å². The summed E-state index contributed by atoms with van der Waals surface area (Å²) in [7, 11) is 0. The van der Waals surface area contributed by atoms with Crippen molar-refractivity contribution in [3.63, 3.8) is 0 Å². The summed E-state index contributed by atoms with van der Waals surface area (Å²) in [6, 6.07) is 3.27. The van der Waals surface area contributed by atoms with Crippen molar-refractivity contribution >= 4 is 12.1 Å². The smallest absolute Gasteiger partial charge is 0.189 e. The number of hydrogen-bond acceptors (Lipinski definition) is 8. The number of hydrogen-bond donors (Lipinski definition) is 5. The third-order valence-corrected chi connectivity index (χ3v) is 2.05. The Bertz CT molecular complexity index is 361. The van der Waals surface area contributed by atoms with Gasteiger partial charge in [-0.2, -0.15) is 0 Å². The zero-order valence-corrected chi connectivity index (χ0v) is 9.92. The summed E-state index contributed by atoms with van der Waals surface area (Å²) in [5, 5.41) is 43.1. The molecule has 1 rings (SSSR count). The van der Waals surface area contributed by atoms with Crippen LogP contribution in [0.25, 0.3) is 0 Å². The lowest BCUT2D eigenvalue weighted by molar-refractivity contribution is -0.142. The quantitative estimate of drug-likeness (QED) is 0.365. The Morgan fingerprint density at radius 1 is 1.32 bits per heavy atom.